The van der Waals surface area contributed by atoms with E-state index in [1.807, 2.05) is 0 Å². The van der Waals surface area contributed by atoms with Crippen molar-refractivity contribution in [2.24, 2.45) is 5.92 Å². The first-order valence-corrected chi connectivity index (χ1v) is 3.96. The number of hydrogen-bond acceptors (Lipinski definition) is 1. The molecule has 0 bridgehead atoms. The van der Waals surface area contributed by atoms with Crippen molar-refractivity contribution >= 4 is 5.78 Å². The van der Waals surface area contributed by atoms with Gasteiger partial charge in [0.15, 0.2) is 0 Å². The van der Waals surface area contributed by atoms with E-state index >= 15 is 0 Å². The molecule has 0 saturated carbocycles. The smallest absolute Gasteiger partial charge is 0.133 e. The molecule has 0 aromatic rings. The fourth-order valence-corrected chi connectivity index (χ4v) is 1.31. The molecule has 60 valence electrons. The third kappa shape index (κ3) is 1.79. The zero-order chi connectivity index (χ0) is 8.43. The number of carbonyl (C=O) groups excluding carboxylic acids is 1. The van der Waals surface area contributed by atoms with Crippen LogP contribution >= 0.6 is 0 Å². The summed E-state index contributed by atoms with van der Waals surface area (Å²) in [5.41, 5.74) is 2.37. The van der Waals surface area contributed by atoms with Crippen LogP contribution < -0.4 is 0 Å². The first-order chi connectivity index (χ1) is 5.11. The molecule has 0 spiro atoms. The van der Waals surface area contributed by atoms with E-state index in [0.29, 0.717) is 0 Å². The Hall–Kier alpha value is -0.850. The molecule has 1 nitrogen and oxygen atoms in total. The Morgan fingerprint density at radius 1 is 1.73 bits per heavy atom. The number of ketones is 1. The first kappa shape index (κ1) is 8.25. The minimum Gasteiger partial charge on any atom is -0.300 e. The monoisotopic (exact) mass is 150 g/mol. The molecule has 0 heterocycles. The standard InChI is InChI=1S/C10H14O/c1-7-4-5-10(9(3)11)6-8(7)2/h4,10H,2,5-6H2,1,3H3. The predicted molar refractivity (Wildman–Crippen MR) is 46.3 cm³/mol. The largest absolute Gasteiger partial charge is 0.300 e. The predicted octanol–water partition coefficient (Wildman–Crippen LogP) is 2.49. The van der Waals surface area contributed by atoms with E-state index in [1.54, 1.807) is 6.92 Å². The summed E-state index contributed by atoms with van der Waals surface area (Å²) in [6.45, 7) is 7.62. The maximum atomic E-state index is 11.0. The minimum absolute atomic E-state index is 0.200. The van der Waals surface area contributed by atoms with Gasteiger partial charge in [0.25, 0.3) is 0 Å². The van der Waals surface area contributed by atoms with Crippen LogP contribution in [-0.4, -0.2) is 5.78 Å². The molecular formula is C10H14O. The molecule has 0 fully saturated rings. The van der Waals surface area contributed by atoms with E-state index in [2.05, 4.69) is 19.6 Å². The molecule has 1 aliphatic rings. The second-order valence-corrected chi connectivity index (χ2v) is 3.24. The summed E-state index contributed by atoms with van der Waals surface area (Å²) >= 11 is 0. The average molecular weight is 150 g/mol. The van der Waals surface area contributed by atoms with E-state index in [-0.39, 0.29) is 11.7 Å². The summed E-state index contributed by atoms with van der Waals surface area (Å²) in [5, 5.41) is 0. The van der Waals surface area contributed by atoms with E-state index in [9.17, 15) is 4.79 Å². The molecule has 1 atom stereocenters. The molecule has 0 N–H and O–H groups in total. The van der Waals surface area contributed by atoms with Crippen molar-refractivity contribution < 1.29 is 4.79 Å². The van der Waals surface area contributed by atoms with Crippen LogP contribution in [0.2, 0.25) is 0 Å². The minimum atomic E-state index is 0.200. The quantitative estimate of drug-likeness (QED) is 0.561. The maximum absolute atomic E-state index is 11.0. The van der Waals surface area contributed by atoms with Crippen LogP contribution in [0, 0.1) is 5.92 Å². The normalized spacial score (nSPS) is 24.7. The number of allylic oxidation sites excluding steroid dienone is 3. The number of rotatable bonds is 1. The third-order valence-corrected chi connectivity index (χ3v) is 2.33. The van der Waals surface area contributed by atoms with Gasteiger partial charge >= 0.3 is 0 Å². The summed E-state index contributed by atoms with van der Waals surface area (Å²) in [5.74, 6) is 0.487. The van der Waals surface area contributed by atoms with Gasteiger partial charge in [0.1, 0.15) is 5.78 Å². The topological polar surface area (TPSA) is 17.1 Å². The van der Waals surface area contributed by atoms with Gasteiger partial charge in [0.05, 0.1) is 0 Å². The molecule has 0 radical (unpaired) electrons. The highest BCUT2D eigenvalue weighted by atomic mass is 16.1. The van der Waals surface area contributed by atoms with Gasteiger partial charge in [-0.25, -0.2) is 0 Å². The van der Waals surface area contributed by atoms with Crippen LogP contribution in [0.5, 0.6) is 0 Å². The highest BCUT2D eigenvalue weighted by Gasteiger charge is 2.18. The van der Waals surface area contributed by atoms with E-state index in [0.717, 1.165) is 18.4 Å². The van der Waals surface area contributed by atoms with Gasteiger partial charge in [-0.1, -0.05) is 23.8 Å². The molecule has 1 unspecified atom stereocenters. The van der Waals surface area contributed by atoms with Gasteiger partial charge in [0, 0.05) is 5.92 Å². The average Bonchev–Trinajstić information content (AvgIpc) is 1.94. The Balaban J connectivity index is 2.70. The SMILES string of the molecule is C=C1CC(C(C)=O)CC=C1C. The summed E-state index contributed by atoms with van der Waals surface area (Å²) in [4.78, 5) is 11.0. The molecule has 1 aliphatic carbocycles. The third-order valence-electron chi connectivity index (χ3n) is 2.33. The number of Topliss-reactive ketones (excluding diaryl/α,β-unsaturated/α-hetero) is 1. The van der Waals surface area contributed by atoms with E-state index < -0.39 is 0 Å². The molecule has 0 aliphatic heterocycles. The maximum Gasteiger partial charge on any atom is 0.133 e. The molecule has 0 saturated heterocycles. The highest BCUT2D eigenvalue weighted by molar-refractivity contribution is 5.79. The van der Waals surface area contributed by atoms with Gasteiger partial charge in [0.2, 0.25) is 0 Å². The van der Waals surface area contributed by atoms with Crippen molar-refractivity contribution in [1.29, 1.82) is 0 Å². The Bertz CT molecular complexity index is 223. The first-order valence-electron chi connectivity index (χ1n) is 3.96. The molecule has 11 heavy (non-hydrogen) atoms. The Morgan fingerprint density at radius 2 is 2.36 bits per heavy atom. The lowest BCUT2D eigenvalue weighted by atomic mass is 9.85. The van der Waals surface area contributed by atoms with Crippen molar-refractivity contribution in [3.05, 3.63) is 23.8 Å². The molecule has 1 rings (SSSR count). The summed E-state index contributed by atoms with van der Waals surface area (Å²) < 4.78 is 0. The van der Waals surface area contributed by atoms with Gasteiger partial charge in [-0.3, -0.25) is 4.79 Å². The van der Waals surface area contributed by atoms with Crippen LogP contribution in [0.1, 0.15) is 26.7 Å². The fraction of sp³-hybridized carbons (Fsp3) is 0.500. The zero-order valence-electron chi connectivity index (χ0n) is 7.18. The second-order valence-electron chi connectivity index (χ2n) is 3.24. The Labute approximate surface area is 67.8 Å². The highest BCUT2D eigenvalue weighted by Crippen LogP contribution is 2.27. The van der Waals surface area contributed by atoms with Gasteiger partial charge in [-0.2, -0.15) is 0 Å². The van der Waals surface area contributed by atoms with E-state index in [1.165, 1.54) is 5.57 Å². The van der Waals surface area contributed by atoms with Crippen LogP contribution in [0.25, 0.3) is 0 Å². The Morgan fingerprint density at radius 3 is 2.82 bits per heavy atom. The molecule has 0 aromatic heterocycles. The van der Waals surface area contributed by atoms with Crippen LogP contribution in [0.15, 0.2) is 23.8 Å². The van der Waals surface area contributed by atoms with Gasteiger partial charge < -0.3 is 0 Å². The van der Waals surface area contributed by atoms with E-state index in [4.69, 9.17) is 0 Å². The lowest BCUT2D eigenvalue weighted by Crippen LogP contribution is -2.14. The fourth-order valence-electron chi connectivity index (χ4n) is 1.31. The van der Waals surface area contributed by atoms with Crippen LogP contribution in [-0.2, 0) is 4.79 Å². The lowest BCUT2D eigenvalue weighted by molar-refractivity contribution is -0.120. The molecule has 1 heteroatoms. The second kappa shape index (κ2) is 3.04. The molecule has 0 aromatic carbocycles. The van der Waals surface area contributed by atoms with Crippen molar-refractivity contribution in [3.8, 4) is 0 Å². The van der Waals surface area contributed by atoms with Crippen molar-refractivity contribution in [3.63, 3.8) is 0 Å². The van der Waals surface area contributed by atoms with Crippen LogP contribution in [0.4, 0.5) is 0 Å². The lowest BCUT2D eigenvalue weighted by Gasteiger charge is -2.19. The van der Waals surface area contributed by atoms with Gasteiger partial charge in [-0.05, 0) is 26.7 Å². The van der Waals surface area contributed by atoms with Crippen molar-refractivity contribution in [1.82, 2.24) is 0 Å². The zero-order valence-corrected chi connectivity index (χ0v) is 7.18. The van der Waals surface area contributed by atoms with Crippen molar-refractivity contribution in [2.75, 3.05) is 0 Å². The summed E-state index contributed by atoms with van der Waals surface area (Å²) in [6, 6.07) is 0. The summed E-state index contributed by atoms with van der Waals surface area (Å²) in [6.07, 6.45) is 3.87. The van der Waals surface area contributed by atoms with Crippen molar-refractivity contribution in [2.45, 2.75) is 26.7 Å². The van der Waals surface area contributed by atoms with Crippen LogP contribution in [0.3, 0.4) is 0 Å². The Kier molecular flexibility index (Phi) is 2.28. The van der Waals surface area contributed by atoms with Gasteiger partial charge in [-0.15, -0.1) is 0 Å². The molecule has 0 amide bonds. The number of carbonyl (C=O) groups is 1. The molecular weight excluding hydrogens is 136 g/mol. The summed E-state index contributed by atoms with van der Waals surface area (Å²) in [7, 11) is 0. The number of hydrogen-bond donors (Lipinski definition) is 0.